The van der Waals surface area contributed by atoms with E-state index in [4.69, 9.17) is 21.1 Å². The summed E-state index contributed by atoms with van der Waals surface area (Å²) in [6.07, 6.45) is 1.92. The Hall–Kier alpha value is -3.77. The normalized spacial score (nSPS) is 16.6. The Labute approximate surface area is 204 Å². The zero-order valence-electron chi connectivity index (χ0n) is 19.2. The lowest BCUT2D eigenvalue weighted by Crippen LogP contribution is -2.61. The highest BCUT2D eigenvalue weighted by Gasteiger charge is 2.42. The van der Waals surface area contributed by atoms with Gasteiger partial charge in [-0.3, -0.25) is 19.4 Å². The Bertz CT molecular complexity index is 1230. The maximum Gasteiger partial charge on any atom is 0.255 e. The van der Waals surface area contributed by atoms with Gasteiger partial charge in [0.15, 0.2) is 0 Å². The molecule has 2 amide bonds. The number of carbonyl (C=O) groups is 2. The van der Waals surface area contributed by atoms with E-state index in [0.717, 1.165) is 11.1 Å². The third-order valence-corrected chi connectivity index (χ3v) is 5.98. The number of amides is 2. The van der Waals surface area contributed by atoms with Crippen molar-refractivity contribution < 1.29 is 19.1 Å². The minimum atomic E-state index is -0.849. The van der Waals surface area contributed by atoms with Gasteiger partial charge in [-0.05, 0) is 54.5 Å². The minimum absolute atomic E-state index is 0.139. The smallest absolute Gasteiger partial charge is 0.255 e. The van der Waals surface area contributed by atoms with Crippen LogP contribution in [0.4, 0.5) is 11.4 Å². The van der Waals surface area contributed by atoms with E-state index in [1.165, 1.54) is 16.9 Å². The third-order valence-electron chi connectivity index (χ3n) is 5.73. The summed E-state index contributed by atoms with van der Waals surface area (Å²) in [7, 11) is 3.08. The minimum Gasteiger partial charge on any atom is -0.497 e. The fraction of sp³-hybridized carbons (Fsp3) is 0.185. The average Bonchev–Trinajstić information content (AvgIpc) is 2.85. The lowest BCUT2D eigenvalue weighted by molar-refractivity contribution is -0.127. The molecule has 34 heavy (non-hydrogen) atoms. The van der Waals surface area contributed by atoms with E-state index in [1.54, 1.807) is 49.6 Å². The van der Waals surface area contributed by atoms with E-state index in [1.807, 2.05) is 43.3 Å². The highest BCUT2D eigenvalue weighted by molar-refractivity contribution is 6.30. The maximum absolute atomic E-state index is 14.0. The van der Waals surface area contributed by atoms with Crippen molar-refractivity contribution in [2.24, 2.45) is 0 Å². The molecule has 0 unspecified atom stereocenters. The second-order valence-corrected chi connectivity index (χ2v) is 8.34. The van der Waals surface area contributed by atoms with E-state index in [9.17, 15) is 9.59 Å². The van der Waals surface area contributed by atoms with Gasteiger partial charge in [-0.25, -0.2) is 0 Å². The first-order valence-corrected chi connectivity index (χ1v) is 11.1. The average molecular weight is 477 g/mol. The van der Waals surface area contributed by atoms with Gasteiger partial charge in [0.2, 0.25) is 5.91 Å². The van der Waals surface area contributed by atoms with Crippen LogP contribution >= 0.6 is 11.6 Å². The summed E-state index contributed by atoms with van der Waals surface area (Å²) in [5.74, 6) is 0.568. The molecule has 7 heteroatoms. The second-order valence-electron chi connectivity index (χ2n) is 7.90. The molecule has 0 saturated carbocycles. The van der Waals surface area contributed by atoms with Crippen LogP contribution in [0.5, 0.6) is 11.5 Å². The summed E-state index contributed by atoms with van der Waals surface area (Å²) in [5.41, 5.74) is 2.75. The molecule has 0 aliphatic carbocycles. The molecule has 1 fully saturated rings. The quantitative estimate of drug-likeness (QED) is 0.490. The number of piperazine rings is 1. The van der Waals surface area contributed by atoms with E-state index < -0.39 is 6.04 Å². The van der Waals surface area contributed by atoms with Crippen molar-refractivity contribution in [3.05, 3.63) is 89.0 Å². The number of anilines is 2. The Morgan fingerprint density at radius 3 is 2.32 bits per heavy atom. The fourth-order valence-electron chi connectivity index (χ4n) is 4.09. The van der Waals surface area contributed by atoms with E-state index in [-0.39, 0.29) is 18.4 Å². The molecule has 0 radical (unpaired) electrons. The van der Waals surface area contributed by atoms with Crippen molar-refractivity contribution in [2.75, 3.05) is 30.6 Å². The number of nitrogens with zero attached hydrogens (tertiary/aromatic N) is 2. The van der Waals surface area contributed by atoms with Crippen LogP contribution in [0.3, 0.4) is 0 Å². The molecule has 1 atom stereocenters. The zero-order valence-corrected chi connectivity index (χ0v) is 20.0. The highest BCUT2D eigenvalue weighted by Crippen LogP contribution is 2.36. The molecule has 1 aliphatic heterocycles. The van der Waals surface area contributed by atoms with Crippen molar-refractivity contribution in [1.29, 1.82) is 0 Å². The van der Waals surface area contributed by atoms with Crippen LogP contribution < -0.4 is 19.3 Å². The van der Waals surface area contributed by atoms with Gasteiger partial charge in [-0.2, -0.15) is 0 Å². The number of methoxy groups -OCH3 is 2. The van der Waals surface area contributed by atoms with Gasteiger partial charge >= 0.3 is 0 Å². The molecule has 0 N–H and O–H groups in total. The van der Waals surface area contributed by atoms with Crippen LogP contribution in [-0.4, -0.2) is 38.6 Å². The van der Waals surface area contributed by atoms with E-state index in [2.05, 4.69) is 0 Å². The summed E-state index contributed by atoms with van der Waals surface area (Å²) in [4.78, 5) is 30.5. The molecule has 0 spiro atoms. The lowest BCUT2D eigenvalue weighted by atomic mass is 9.98. The number of rotatable bonds is 6. The molecular weight excluding hydrogens is 452 g/mol. The molecule has 6 nitrogen and oxygen atoms in total. The SMILES string of the molecule is COc1ccc(OC)c(N2CC(=O)N(c3ccc(Cl)cc3)[C@H](/C(C)=C\c3ccccc3)C2=O)c1. The standard InChI is InChI=1S/C27H25ClN2O4/c1-18(15-19-7-5-4-6-8-19)26-27(32)29(23-16-22(33-2)13-14-24(23)34-3)17-25(31)30(26)21-11-9-20(28)10-12-21/h4-16,26H,17H2,1-3H3/b18-15-/t26-/m1/s1. The molecule has 0 bridgehead atoms. The molecule has 0 aromatic heterocycles. The third kappa shape index (κ3) is 4.63. The topological polar surface area (TPSA) is 59.1 Å². The molecule has 1 saturated heterocycles. The van der Waals surface area contributed by atoms with Crippen molar-refractivity contribution >= 4 is 40.9 Å². The van der Waals surface area contributed by atoms with Crippen LogP contribution in [0.2, 0.25) is 5.02 Å². The van der Waals surface area contributed by atoms with Gasteiger partial charge in [-0.15, -0.1) is 0 Å². The van der Waals surface area contributed by atoms with Gasteiger partial charge in [0.1, 0.15) is 24.1 Å². The molecule has 3 aromatic rings. The summed E-state index contributed by atoms with van der Waals surface area (Å²) in [6, 6.07) is 20.9. The van der Waals surface area contributed by atoms with Gasteiger partial charge in [0, 0.05) is 16.8 Å². The summed E-state index contributed by atoms with van der Waals surface area (Å²) < 4.78 is 10.8. The summed E-state index contributed by atoms with van der Waals surface area (Å²) in [6.45, 7) is 1.72. The van der Waals surface area contributed by atoms with Crippen molar-refractivity contribution in [2.45, 2.75) is 13.0 Å². The first kappa shape index (κ1) is 23.4. The van der Waals surface area contributed by atoms with E-state index >= 15 is 0 Å². The number of carbonyl (C=O) groups excluding carboxylic acids is 2. The van der Waals surface area contributed by atoms with E-state index in [0.29, 0.717) is 27.9 Å². The molecule has 1 heterocycles. The van der Waals surface area contributed by atoms with Gasteiger partial charge in [0.25, 0.3) is 5.91 Å². The van der Waals surface area contributed by atoms with Crippen LogP contribution in [0, 0.1) is 0 Å². The van der Waals surface area contributed by atoms with Crippen molar-refractivity contribution in [3.8, 4) is 11.5 Å². The predicted molar refractivity (Wildman–Crippen MR) is 135 cm³/mol. The van der Waals surface area contributed by atoms with Gasteiger partial charge in [0.05, 0.1) is 19.9 Å². The van der Waals surface area contributed by atoms with Gasteiger partial charge in [-0.1, -0.05) is 48.0 Å². The monoisotopic (exact) mass is 476 g/mol. The highest BCUT2D eigenvalue weighted by atomic mass is 35.5. The maximum atomic E-state index is 14.0. The van der Waals surface area contributed by atoms with Crippen LogP contribution in [0.25, 0.3) is 6.08 Å². The fourth-order valence-corrected chi connectivity index (χ4v) is 4.21. The van der Waals surface area contributed by atoms with Crippen LogP contribution in [0.1, 0.15) is 12.5 Å². The summed E-state index contributed by atoms with van der Waals surface area (Å²) >= 11 is 6.07. The Balaban J connectivity index is 1.83. The Kier molecular flexibility index (Phi) is 6.89. The number of ether oxygens (including phenoxy) is 2. The van der Waals surface area contributed by atoms with Crippen LogP contribution in [0.15, 0.2) is 78.4 Å². The molecule has 174 valence electrons. The lowest BCUT2D eigenvalue weighted by Gasteiger charge is -2.41. The van der Waals surface area contributed by atoms with Crippen LogP contribution in [-0.2, 0) is 9.59 Å². The first-order valence-electron chi connectivity index (χ1n) is 10.8. The van der Waals surface area contributed by atoms with Crippen molar-refractivity contribution in [3.63, 3.8) is 0 Å². The number of hydrogen-bond donors (Lipinski definition) is 0. The number of benzene rings is 3. The molecule has 3 aromatic carbocycles. The number of halogens is 1. The Morgan fingerprint density at radius 1 is 0.971 bits per heavy atom. The van der Waals surface area contributed by atoms with Crippen molar-refractivity contribution in [1.82, 2.24) is 0 Å². The largest absolute Gasteiger partial charge is 0.497 e. The zero-order chi connectivity index (χ0) is 24.2. The molecular formula is C27H25ClN2O4. The molecule has 1 aliphatic rings. The second kappa shape index (κ2) is 10.0. The molecule has 4 rings (SSSR count). The Morgan fingerprint density at radius 2 is 1.68 bits per heavy atom. The predicted octanol–water partition coefficient (Wildman–Crippen LogP) is 5.21. The van der Waals surface area contributed by atoms with Gasteiger partial charge < -0.3 is 9.47 Å². The summed E-state index contributed by atoms with van der Waals surface area (Å²) in [5, 5.41) is 0.551. The number of hydrogen-bond acceptors (Lipinski definition) is 4. The first-order chi connectivity index (χ1) is 16.4.